The Bertz CT molecular complexity index is 1280. The molecule has 0 aromatic heterocycles. The molecule has 0 saturated heterocycles. The quantitative estimate of drug-likeness (QED) is 0.365. The van der Waals surface area contributed by atoms with E-state index in [4.69, 9.17) is 14.2 Å². The van der Waals surface area contributed by atoms with Crippen molar-refractivity contribution in [1.29, 1.82) is 0 Å². The van der Waals surface area contributed by atoms with Crippen molar-refractivity contribution in [3.8, 4) is 17.2 Å². The van der Waals surface area contributed by atoms with Crippen LogP contribution in [0.15, 0.2) is 54.6 Å². The molecule has 0 fully saturated rings. The molecular formula is C24H17NO6. The summed E-state index contributed by atoms with van der Waals surface area (Å²) in [5, 5.41) is 0. The highest BCUT2D eigenvalue weighted by Crippen LogP contribution is 2.36. The number of nitrogens with zero attached hydrogens (tertiary/aromatic N) is 1. The molecule has 5 rings (SSSR count). The molecule has 2 aliphatic heterocycles. The number of benzene rings is 3. The normalized spacial score (nSPS) is 14.1. The van der Waals surface area contributed by atoms with Gasteiger partial charge in [0.05, 0.1) is 22.4 Å². The lowest BCUT2D eigenvalue weighted by Crippen LogP contribution is -2.30. The van der Waals surface area contributed by atoms with Crippen LogP contribution in [0.3, 0.4) is 0 Å². The standard InChI is InChI=1S/C24H17NO6/c1-13-3-4-14(2)19(9-13)25-22(26)17-7-5-15(10-18(17)23(25)27)24(28)31-16-6-8-20-21(11-16)30-12-29-20/h3-11H,12H2,1-2H3. The fraction of sp³-hybridized carbons (Fsp3) is 0.125. The first kappa shape index (κ1) is 18.9. The van der Waals surface area contributed by atoms with E-state index >= 15 is 0 Å². The van der Waals surface area contributed by atoms with Crippen LogP contribution in [0, 0.1) is 13.8 Å². The molecule has 0 aliphatic carbocycles. The van der Waals surface area contributed by atoms with Crippen LogP contribution in [-0.4, -0.2) is 24.6 Å². The summed E-state index contributed by atoms with van der Waals surface area (Å²) in [4.78, 5) is 39.8. The van der Waals surface area contributed by atoms with Crippen molar-refractivity contribution in [3.63, 3.8) is 0 Å². The van der Waals surface area contributed by atoms with Gasteiger partial charge in [0.1, 0.15) is 5.75 Å². The Morgan fingerprint density at radius 1 is 0.871 bits per heavy atom. The second-order valence-corrected chi connectivity index (χ2v) is 7.40. The maximum atomic E-state index is 13.1. The summed E-state index contributed by atoms with van der Waals surface area (Å²) in [7, 11) is 0. The number of ether oxygens (including phenoxy) is 3. The minimum Gasteiger partial charge on any atom is -0.454 e. The van der Waals surface area contributed by atoms with Crippen molar-refractivity contribution in [1.82, 2.24) is 0 Å². The maximum Gasteiger partial charge on any atom is 0.343 e. The number of amides is 2. The number of hydrogen-bond acceptors (Lipinski definition) is 6. The molecule has 3 aromatic rings. The van der Waals surface area contributed by atoms with Crippen LogP contribution < -0.4 is 19.1 Å². The number of hydrogen-bond donors (Lipinski definition) is 0. The van der Waals surface area contributed by atoms with E-state index in [1.807, 2.05) is 26.0 Å². The Morgan fingerprint density at radius 2 is 1.65 bits per heavy atom. The average Bonchev–Trinajstić information content (AvgIpc) is 3.32. The van der Waals surface area contributed by atoms with Gasteiger partial charge in [0.25, 0.3) is 11.8 Å². The SMILES string of the molecule is Cc1ccc(C)c(N2C(=O)c3ccc(C(=O)Oc4ccc5c(c4)OCO5)cc3C2=O)c1. The van der Waals surface area contributed by atoms with E-state index in [1.54, 1.807) is 24.3 Å². The number of anilines is 1. The molecular weight excluding hydrogens is 398 g/mol. The number of esters is 1. The third-order valence-corrected chi connectivity index (χ3v) is 5.28. The van der Waals surface area contributed by atoms with Crippen LogP contribution in [0.5, 0.6) is 17.2 Å². The smallest absolute Gasteiger partial charge is 0.343 e. The molecule has 0 unspecified atom stereocenters. The van der Waals surface area contributed by atoms with E-state index in [0.717, 1.165) is 16.0 Å². The fourth-order valence-electron chi connectivity index (χ4n) is 3.65. The second-order valence-electron chi connectivity index (χ2n) is 7.40. The van der Waals surface area contributed by atoms with Crippen LogP contribution in [0.1, 0.15) is 42.2 Å². The molecule has 0 atom stereocenters. The van der Waals surface area contributed by atoms with Gasteiger partial charge >= 0.3 is 5.97 Å². The average molecular weight is 415 g/mol. The van der Waals surface area contributed by atoms with Gasteiger partial charge in [0.2, 0.25) is 6.79 Å². The first-order valence-corrected chi connectivity index (χ1v) is 9.64. The van der Waals surface area contributed by atoms with Crippen molar-refractivity contribution in [2.45, 2.75) is 13.8 Å². The molecule has 31 heavy (non-hydrogen) atoms. The van der Waals surface area contributed by atoms with E-state index in [9.17, 15) is 14.4 Å². The summed E-state index contributed by atoms with van der Waals surface area (Å²) in [5.74, 6) is -0.172. The first-order chi connectivity index (χ1) is 14.9. The van der Waals surface area contributed by atoms with Gasteiger partial charge in [-0.05, 0) is 61.4 Å². The minimum atomic E-state index is -0.646. The molecule has 2 aliphatic rings. The van der Waals surface area contributed by atoms with Gasteiger partial charge in [-0.1, -0.05) is 12.1 Å². The lowest BCUT2D eigenvalue weighted by atomic mass is 10.1. The zero-order valence-corrected chi connectivity index (χ0v) is 16.8. The Hall–Kier alpha value is -4.13. The van der Waals surface area contributed by atoms with Gasteiger partial charge in [0.15, 0.2) is 11.5 Å². The van der Waals surface area contributed by atoms with Crippen LogP contribution in [0.2, 0.25) is 0 Å². The summed E-state index contributed by atoms with van der Waals surface area (Å²) >= 11 is 0. The molecule has 2 amide bonds. The molecule has 0 spiro atoms. The summed E-state index contributed by atoms with van der Waals surface area (Å²) in [6, 6.07) is 14.7. The Labute approximate surface area is 177 Å². The van der Waals surface area contributed by atoms with Crippen LogP contribution in [-0.2, 0) is 0 Å². The first-order valence-electron chi connectivity index (χ1n) is 9.64. The number of carbonyl (C=O) groups is 3. The van der Waals surface area contributed by atoms with Crippen molar-refractivity contribution < 1.29 is 28.6 Å². The molecule has 0 bridgehead atoms. The molecule has 7 nitrogen and oxygen atoms in total. The Morgan fingerprint density at radius 3 is 2.48 bits per heavy atom. The Balaban J connectivity index is 1.43. The predicted molar refractivity (Wildman–Crippen MR) is 111 cm³/mol. The zero-order chi connectivity index (χ0) is 21.7. The third kappa shape index (κ3) is 3.11. The zero-order valence-electron chi connectivity index (χ0n) is 16.8. The molecule has 0 saturated carbocycles. The highest BCUT2D eigenvalue weighted by Gasteiger charge is 2.38. The van der Waals surface area contributed by atoms with Crippen molar-refractivity contribution in [2.75, 3.05) is 11.7 Å². The van der Waals surface area contributed by atoms with E-state index in [2.05, 4.69) is 0 Å². The lowest BCUT2D eigenvalue weighted by molar-refractivity contribution is 0.0734. The molecule has 154 valence electrons. The fourth-order valence-corrected chi connectivity index (χ4v) is 3.65. The number of rotatable bonds is 3. The van der Waals surface area contributed by atoms with Crippen LogP contribution in [0.4, 0.5) is 5.69 Å². The van der Waals surface area contributed by atoms with Crippen LogP contribution in [0.25, 0.3) is 0 Å². The highest BCUT2D eigenvalue weighted by molar-refractivity contribution is 6.35. The highest BCUT2D eigenvalue weighted by atomic mass is 16.7. The minimum absolute atomic E-state index is 0.116. The summed E-state index contributed by atoms with van der Waals surface area (Å²) < 4.78 is 15.9. The van der Waals surface area contributed by atoms with Crippen LogP contribution >= 0.6 is 0 Å². The third-order valence-electron chi connectivity index (χ3n) is 5.28. The Kier molecular flexibility index (Phi) is 4.25. The molecule has 7 heteroatoms. The topological polar surface area (TPSA) is 82.1 Å². The maximum absolute atomic E-state index is 13.1. The second kappa shape index (κ2) is 6.98. The molecule has 0 radical (unpaired) electrons. The van der Waals surface area contributed by atoms with E-state index in [0.29, 0.717) is 17.2 Å². The van der Waals surface area contributed by atoms with Crippen molar-refractivity contribution in [2.24, 2.45) is 0 Å². The van der Waals surface area contributed by atoms with Gasteiger partial charge in [-0.25, -0.2) is 9.69 Å². The van der Waals surface area contributed by atoms with Gasteiger partial charge < -0.3 is 14.2 Å². The van der Waals surface area contributed by atoms with Gasteiger partial charge in [-0.3, -0.25) is 9.59 Å². The number of fused-ring (bicyclic) bond motifs is 2. The monoisotopic (exact) mass is 415 g/mol. The van der Waals surface area contributed by atoms with Gasteiger partial charge in [0, 0.05) is 6.07 Å². The van der Waals surface area contributed by atoms with Crippen molar-refractivity contribution in [3.05, 3.63) is 82.4 Å². The van der Waals surface area contributed by atoms with E-state index in [1.165, 1.54) is 18.2 Å². The number of aryl methyl sites for hydroxylation is 2. The number of imide groups is 1. The van der Waals surface area contributed by atoms with Gasteiger partial charge in [-0.15, -0.1) is 0 Å². The summed E-state index contributed by atoms with van der Waals surface area (Å²) in [6.45, 7) is 3.85. The van der Waals surface area contributed by atoms with E-state index < -0.39 is 17.8 Å². The van der Waals surface area contributed by atoms with Gasteiger partial charge in [-0.2, -0.15) is 0 Å². The summed E-state index contributed by atoms with van der Waals surface area (Å²) in [5.41, 5.74) is 2.88. The molecule has 3 aromatic carbocycles. The number of carbonyl (C=O) groups excluding carboxylic acids is 3. The lowest BCUT2D eigenvalue weighted by Gasteiger charge is -2.17. The molecule has 0 N–H and O–H groups in total. The molecule has 2 heterocycles. The largest absolute Gasteiger partial charge is 0.454 e. The predicted octanol–water partition coefficient (Wildman–Crippen LogP) is 4.05. The van der Waals surface area contributed by atoms with Crippen molar-refractivity contribution >= 4 is 23.5 Å². The van der Waals surface area contributed by atoms with E-state index in [-0.39, 0.29) is 29.2 Å². The summed E-state index contributed by atoms with van der Waals surface area (Å²) in [6.07, 6.45) is 0.